The summed E-state index contributed by atoms with van der Waals surface area (Å²) in [5.74, 6) is -1.89. The fourth-order valence-corrected chi connectivity index (χ4v) is 1.57. The maximum atomic E-state index is 13.1. The molecule has 0 saturated carbocycles. The van der Waals surface area contributed by atoms with Gasteiger partial charge in [0.25, 0.3) is 5.60 Å². The number of esters is 1. The molecule has 1 aromatic rings. The summed E-state index contributed by atoms with van der Waals surface area (Å²) in [4.78, 5) is 11.5. The second-order valence-electron chi connectivity index (χ2n) is 3.89. The van der Waals surface area contributed by atoms with Crippen LogP contribution in [0.3, 0.4) is 0 Å². The number of benzene rings is 1. The van der Waals surface area contributed by atoms with Crippen molar-refractivity contribution in [1.82, 2.24) is 0 Å². The zero-order valence-corrected chi connectivity index (χ0v) is 10.8. The number of carbonyl (C=O) groups excluding carboxylic acids is 1. The molecule has 112 valence electrons. The SMILES string of the molecule is CCOC(=O)[C@](O)(c1ccc(N)c(OC)c1)C(F)(F)F. The molecule has 0 unspecified atom stereocenters. The van der Waals surface area contributed by atoms with E-state index in [1.807, 2.05) is 0 Å². The van der Waals surface area contributed by atoms with Gasteiger partial charge in [-0.2, -0.15) is 13.2 Å². The maximum absolute atomic E-state index is 13.1. The molecule has 0 heterocycles. The second kappa shape index (κ2) is 5.58. The Morgan fingerprint density at radius 2 is 2.00 bits per heavy atom. The number of nitrogens with two attached hydrogens (primary N) is 1. The summed E-state index contributed by atoms with van der Waals surface area (Å²) in [6, 6.07) is 2.84. The van der Waals surface area contributed by atoms with E-state index in [9.17, 15) is 23.1 Å². The van der Waals surface area contributed by atoms with Crippen LogP contribution in [-0.2, 0) is 15.1 Å². The molecule has 0 radical (unpaired) electrons. The highest BCUT2D eigenvalue weighted by Crippen LogP contribution is 2.41. The summed E-state index contributed by atoms with van der Waals surface area (Å²) < 4.78 is 48.3. The monoisotopic (exact) mass is 293 g/mol. The molecule has 0 aliphatic carbocycles. The number of rotatable bonds is 4. The fourth-order valence-electron chi connectivity index (χ4n) is 1.57. The van der Waals surface area contributed by atoms with Gasteiger partial charge in [-0.25, -0.2) is 4.79 Å². The van der Waals surface area contributed by atoms with Crippen LogP contribution in [0.4, 0.5) is 18.9 Å². The average Bonchev–Trinajstić information content (AvgIpc) is 2.37. The van der Waals surface area contributed by atoms with Crippen LogP contribution in [0.25, 0.3) is 0 Å². The molecule has 1 aromatic carbocycles. The van der Waals surface area contributed by atoms with Crippen molar-refractivity contribution in [3.05, 3.63) is 23.8 Å². The molecule has 1 atom stereocenters. The van der Waals surface area contributed by atoms with Gasteiger partial charge in [-0.3, -0.25) is 0 Å². The van der Waals surface area contributed by atoms with E-state index in [1.165, 1.54) is 14.0 Å². The number of hydrogen-bond acceptors (Lipinski definition) is 5. The first-order valence-electron chi connectivity index (χ1n) is 5.58. The van der Waals surface area contributed by atoms with Gasteiger partial charge < -0.3 is 20.3 Å². The molecular weight excluding hydrogens is 279 g/mol. The number of carbonyl (C=O) groups is 1. The van der Waals surface area contributed by atoms with Gasteiger partial charge in [-0.15, -0.1) is 0 Å². The van der Waals surface area contributed by atoms with Gasteiger partial charge in [-0.1, -0.05) is 6.07 Å². The van der Waals surface area contributed by atoms with E-state index in [0.29, 0.717) is 0 Å². The third kappa shape index (κ3) is 2.64. The highest BCUT2D eigenvalue weighted by atomic mass is 19.4. The third-order valence-electron chi connectivity index (χ3n) is 2.63. The highest BCUT2D eigenvalue weighted by Gasteiger charge is 2.62. The standard InChI is InChI=1S/C12H14F3NO4/c1-3-20-10(17)11(18,12(13,14)15)7-4-5-8(16)9(6-7)19-2/h4-6,18H,3,16H2,1-2H3/t11-/m1/s1. The minimum absolute atomic E-state index is 0.0737. The minimum Gasteiger partial charge on any atom is -0.495 e. The number of alkyl halides is 3. The number of hydrogen-bond donors (Lipinski definition) is 2. The average molecular weight is 293 g/mol. The van der Waals surface area contributed by atoms with E-state index in [0.717, 1.165) is 18.2 Å². The van der Waals surface area contributed by atoms with Crippen LogP contribution in [0.2, 0.25) is 0 Å². The van der Waals surface area contributed by atoms with E-state index in [2.05, 4.69) is 4.74 Å². The molecule has 20 heavy (non-hydrogen) atoms. The normalized spacial score (nSPS) is 14.5. The van der Waals surface area contributed by atoms with Gasteiger partial charge in [0.05, 0.1) is 19.4 Å². The Bertz CT molecular complexity index is 504. The summed E-state index contributed by atoms with van der Waals surface area (Å²) >= 11 is 0. The van der Waals surface area contributed by atoms with E-state index < -0.39 is 23.3 Å². The van der Waals surface area contributed by atoms with E-state index in [-0.39, 0.29) is 18.0 Å². The molecule has 8 heteroatoms. The van der Waals surface area contributed by atoms with Crippen LogP contribution >= 0.6 is 0 Å². The lowest BCUT2D eigenvalue weighted by Crippen LogP contribution is -2.50. The van der Waals surface area contributed by atoms with E-state index >= 15 is 0 Å². The Kier molecular flexibility index (Phi) is 4.49. The second-order valence-corrected chi connectivity index (χ2v) is 3.89. The quantitative estimate of drug-likeness (QED) is 0.651. The lowest BCUT2D eigenvalue weighted by atomic mass is 9.92. The molecule has 0 amide bonds. The number of methoxy groups -OCH3 is 1. The third-order valence-corrected chi connectivity index (χ3v) is 2.63. The molecule has 0 aromatic heterocycles. The van der Waals surface area contributed by atoms with E-state index in [4.69, 9.17) is 10.5 Å². The van der Waals surface area contributed by atoms with Crippen molar-refractivity contribution in [3.8, 4) is 5.75 Å². The number of aliphatic hydroxyl groups is 1. The maximum Gasteiger partial charge on any atom is 0.432 e. The lowest BCUT2D eigenvalue weighted by Gasteiger charge is -2.28. The zero-order valence-electron chi connectivity index (χ0n) is 10.8. The first-order chi connectivity index (χ1) is 9.18. The van der Waals surface area contributed by atoms with Gasteiger partial charge in [0.15, 0.2) is 0 Å². The summed E-state index contributed by atoms with van der Waals surface area (Å²) in [7, 11) is 1.20. The number of ether oxygens (including phenoxy) is 2. The lowest BCUT2D eigenvalue weighted by molar-refractivity contribution is -0.267. The van der Waals surface area contributed by atoms with Crippen molar-refractivity contribution in [2.24, 2.45) is 0 Å². The largest absolute Gasteiger partial charge is 0.495 e. The minimum atomic E-state index is -5.25. The molecule has 1 rings (SSSR count). The predicted octanol–water partition coefficient (Wildman–Crippen LogP) is 1.59. The molecule has 0 aliphatic rings. The van der Waals surface area contributed by atoms with Gasteiger partial charge in [0.1, 0.15) is 5.75 Å². The number of halogens is 3. The van der Waals surface area contributed by atoms with Crippen molar-refractivity contribution in [3.63, 3.8) is 0 Å². The Morgan fingerprint density at radius 3 is 2.45 bits per heavy atom. The zero-order chi connectivity index (χ0) is 15.6. The molecule has 5 nitrogen and oxygen atoms in total. The topological polar surface area (TPSA) is 81.8 Å². The summed E-state index contributed by atoms with van der Waals surface area (Å²) in [5.41, 5.74) is 1.06. The van der Waals surface area contributed by atoms with Crippen LogP contribution in [0, 0.1) is 0 Å². The highest BCUT2D eigenvalue weighted by molar-refractivity contribution is 5.82. The molecule has 0 spiro atoms. The smallest absolute Gasteiger partial charge is 0.432 e. The van der Waals surface area contributed by atoms with Crippen LogP contribution in [0.1, 0.15) is 12.5 Å². The fraction of sp³-hybridized carbons (Fsp3) is 0.417. The van der Waals surface area contributed by atoms with Crippen LogP contribution in [-0.4, -0.2) is 31.0 Å². The van der Waals surface area contributed by atoms with E-state index in [1.54, 1.807) is 0 Å². The van der Waals surface area contributed by atoms with Gasteiger partial charge in [-0.05, 0) is 19.1 Å². The Hall–Kier alpha value is -1.96. The summed E-state index contributed by atoms with van der Waals surface area (Å²) in [6.07, 6.45) is -5.25. The number of nitrogen functional groups attached to an aromatic ring is 1. The van der Waals surface area contributed by atoms with Crippen LogP contribution in [0.5, 0.6) is 5.75 Å². The predicted molar refractivity (Wildman–Crippen MR) is 64.0 cm³/mol. The Balaban J connectivity index is 3.42. The molecule has 0 bridgehead atoms. The molecule has 3 N–H and O–H groups in total. The van der Waals surface area contributed by atoms with Crippen molar-refractivity contribution >= 4 is 11.7 Å². The Morgan fingerprint density at radius 1 is 1.40 bits per heavy atom. The van der Waals surface area contributed by atoms with Crippen LogP contribution in [0.15, 0.2) is 18.2 Å². The van der Waals surface area contributed by atoms with Gasteiger partial charge in [0.2, 0.25) is 0 Å². The van der Waals surface area contributed by atoms with Crippen molar-refractivity contribution < 1.29 is 32.5 Å². The number of anilines is 1. The van der Waals surface area contributed by atoms with Crippen molar-refractivity contribution in [2.75, 3.05) is 19.5 Å². The molecule has 0 aliphatic heterocycles. The summed E-state index contributed by atoms with van der Waals surface area (Å²) in [6.45, 7) is 1.03. The van der Waals surface area contributed by atoms with Gasteiger partial charge >= 0.3 is 12.1 Å². The van der Waals surface area contributed by atoms with Crippen LogP contribution < -0.4 is 10.5 Å². The first kappa shape index (κ1) is 16.1. The molecular formula is C12H14F3NO4. The van der Waals surface area contributed by atoms with Crippen molar-refractivity contribution in [1.29, 1.82) is 0 Å². The Labute approximate surface area is 113 Å². The summed E-state index contributed by atoms with van der Waals surface area (Å²) in [5, 5.41) is 9.83. The first-order valence-corrected chi connectivity index (χ1v) is 5.58. The van der Waals surface area contributed by atoms with Crippen molar-refractivity contribution in [2.45, 2.75) is 18.7 Å². The molecule has 0 fully saturated rings. The molecule has 0 saturated heterocycles. The van der Waals surface area contributed by atoms with Gasteiger partial charge in [0, 0.05) is 5.56 Å².